The van der Waals surface area contributed by atoms with E-state index in [0.29, 0.717) is 0 Å². The average Bonchev–Trinajstić information content (AvgIpc) is 3.59. The van der Waals surface area contributed by atoms with Crippen molar-refractivity contribution in [2.24, 2.45) is 0 Å². The third-order valence-electron chi connectivity index (χ3n) is 7.68. The van der Waals surface area contributed by atoms with E-state index < -0.39 is 0 Å². The number of rotatable bonds is 4. The number of hydrogen-bond donors (Lipinski definition) is 0. The second kappa shape index (κ2) is 9.07. The van der Waals surface area contributed by atoms with E-state index in [0.717, 1.165) is 39.1 Å². The molecule has 4 aromatic carbocycles. The summed E-state index contributed by atoms with van der Waals surface area (Å²) < 4.78 is 4.66. The van der Waals surface area contributed by atoms with Crippen LogP contribution in [0.15, 0.2) is 146 Å². The number of fused-ring (bicyclic) bond motifs is 4. The summed E-state index contributed by atoms with van der Waals surface area (Å²) in [5.41, 5.74) is 10.2. The number of benzene rings is 4. The summed E-state index contributed by atoms with van der Waals surface area (Å²) >= 11 is 0. The lowest BCUT2D eigenvalue weighted by Gasteiger charge is -2.13. The van der Waals surface area contributed by atoms with Gasteiger partial charge in [0, 0.05) is 69.6 Å². The first-order valence-corrected chi connectivity index (χ1v) is 13.4. The molecule has 4 aromatic heterocycles. The maximum atomic E-state index is 4.38. The predicted octanol–water partition coefficient (Wildman–Crippen LogP) is 8.85. The van der Waals surface area contributed by atoms with Gasteiger partial charge in [-0.15, -0.1) is 0 Å². The molecule has 0 N–H and O–H groups in total. The molecule has 0 bridgehead atoms. The van der Waals surface area contributed by atoms with Crippen LogP contribution in [0, 0.1) is 0 Å². The molecule has 8 rings (SSSR count). The van der Waals surface area contributed by atoms with Crippen LogP contribution in [0.3, 0.4) is 0 Å². The van der Waals surface area contributed by atoms with Gasteiger partial charge in [0.1, 0.15) is 0 Å². The van der Waals surface area contributed by atoms with Crippen LogP contribution in [0.5, 0.6) is 0 Å². The van der Waals surface area contributed by atoms with E-state index in [2.05, 4.69) is 128 Å². The lowest BCUT2D eigenvalue weighted by molar-refractivity contribution is 1.12. The van der Waals surface area contributed by atoms with E-state index in [1.165, 1.54) is 27.2 Å². The third-order valence-corrected chi connectivity index (χ3v) is 7.68. The summed E-state index contributed by atoms with van der Waals surface area (Å²) in [5, 5.41) is 3.72. The van der Waals surface area contributed by atoms with Gasteiger partial charge in [-0.05, 0) is 77.9 Å². The summed E-state index contributed by atoms with van der Waals surface area (Å²) in [4.78, 5) is 8.75. The van der Waals surface area contributed by atoms with Crippen molar-refractivity contribution in [3.63, 3.8) is 0 Å². The molecule has 0 aliphatic heterocycles. The molecule has 188 valence electrons. The summed E-state index contributed by atoms with van der Waals surface area (Å²) in [6, 6.07) is 41.0. The zero-order valence-electron chi connectivity index (χ0n) is 21.6. The van der Waals surface area contributed by atoms with Crippen molar-refractivity contribution in [1.29, 1.82) is 0 Å². The first-order chi connectivity index (χ1) is 19.8. The Morgan fingerprint density at radius 3 is 1.85 bits per heavy atom. The van der Waals surface area contributed by atoms with E-state index in [1.807, 2.05) is 36.9 Å². The lowest BCUT2D eigenvalue weighted by Crippen LogP contribution is -1.96. The Hall–Kier alpha value is -5.48. The van der Waals surface area contributed by atoms with Crippen molar-refractivity contribution < 1.29 is 0 Å². The largest absolute Gasteiger partial charge is 0.316 e. The molecule has 4 nitrogen and oxygen atoms in total. The number of hydrogen-bond acceptors (Lipinski definition) is 2. The van der Waals surface area contributed by atoms with Crippen LogP contribution in [0.1, 0.15) is 0 Å². The van der Waals surface area contributed by atoms with E-state index >= 15 is 0 Å². The van der Waals surface area contributed by atoms with Crippen molar-refractivity contribution in [3.05, 3.63) is 146 Å². The summed E-state index contributed by atoms with van der Waals surface area (Å²) in [6.45, 7) is 0. The molecular weight excluding hydrogens is 488 g/mol. The molecule has 0 atom stereocenters. The Morgan fingerprint density at radius 2 is 1.15 bits per heavy atom. The molecule has 8 aromatic rings. The number of para-hydroxylation sites is 2. The fourth-order valence-corrected chi connectivity index (χ4v) is 5.83. The quantitative estimate of drug-likeness (QED) is 0.236. The van der Waals surface area contributed by atoms with E-state index in [1.54, 1.807) is 0 Å². The van der Waals surface area contributed by atoms with E-state index in [-0.39, 0.29) is 0 Å². The molecule has 0 fully saturated rings. The van der Waals surface area contributed by atoms with Gasteiger partial charge in [-0.3, -0.25) is 9.97 Å². The van der Waals surface area contributed by atoms with Gasteiger partial charge in [-0.1, -0.05) is 48.5 Å². The monoisotopic (exact) mass is 512 g/mol. The molecule has 0 radical (unpaired) electrons. The Kier molecular flexibility index (Phi) is 5.10. The van der Waals surface area contributed by atoms with Gasteiger partial charge in [-0.25, -0.2) is 0 Å². The number of nitrogens with zero attached hydrogens (tertiary/aromatic N) is 4. The van der Waals surface area contributed by atoms with Crippen LogP contribution in [-0.2, 0) is 0 Å². The van der Waals surface area contributed by atoms with Gasteiger partial charge in [0.25, 0.3) is 0 Å². The standard InChI is InChI=1S/C36H24N4/c1-2-10-30(11-3-1)40-34-13-5-4-12-32(34)33-21-25-14-17-39(35(25)22-36(33)40)31-19-28(26-8-6-15-37-23-26)18-29(20-31)27-9-7-16-38-24-27/h1-24H. The van der Waals surface area contributed by atoms with Gasteiger partial charge in [0.05, 0.1) is 16.6 Å². The first-order valence-electron chi connectivity index (χ1n) is 13.4. The second-order valence-corrected chi connectivity index (χ2v) is 10.1. The number of aromatic nitrogens is 4. The highest BCUT2D eigenvalue weighted by Gasteiger charge is 2.16. The van der Waals surface area contributed by atoms with Crippen LogP contribution in [0.2, 0.25) is 0 Å². The average molecular weight is 513 g/mol. The molecule has 0 unspecified atom stereocenters. The Bertz CT molecular complexity index is 2080. The van der Waals surface area contributed by atoms with Crippen LogP contribution in [-0.4, -0.2) is 19.1 Å². The number of pyridine rings is 2. The van der Waals surface area contributed by atoms with Crippen molar-refractivity contribution in [3.8, 4) is 33.6 Å². The maximum absolute atomic E-state index is 4.38. The lowest BCUT2D eigenvalue weighted by atomic mass is 9.99. The molecule has 0 saturated heterocycles. The van der Waals surface area contributed by atoms with Crippen molar-refractivity contribution in [1.82, 2.24) is 19.1 Å². The first kappa shape index (κ1) is 22.5. The SMILES string of the molecule is c1ccc(-n2c3ccccc3c3cc4ccn(-c5cc(-c6cccnc6)cc(-c6cccnc6)c5)c4cc32)cc1. The molecule has 4 heteroatoms. The van der Waals surface area contributed by atoms with Crippen LogP contribution in [0.4, 0.5) is 0 Å². The van der Waals surface area contributed by atoms with Crippen LogP contribution >= 0.6 is 0 Å². The van der Waals surface area contributed by atoms with Gasteiger partial charge < -0.3 is 9.13 Å². The molecule has 0 saturated carbocycles. The van der Waals surface area contributed by atoms with E-state index in [9.17, 15) is 0 Å². The van der Waals surface area contributed by atoms with Crippen molar-refractivity contribution >= 4 is 32.7 Å². The highest BCUT2D eigenvalue weighted by Crippen LogP contribution is 2.37. The van der Waals surface area contributed by atoms with Gasteiger partial charge in [0.2, 0.25) is 0 Å². The van der Waals surface area contributed by atoms with E-state index in [4.69, 9.17) is 0 Å². The Balaban J connectivity index is 1.40. The highest BCUT2D eigenvalue weighted by molar-refractivity contribution is 6.13. The summed E-state index contributed by atoms with van der Waals surface area (Å²) in [6.07, 6.45) is 9.63. The molecule has 4 heterocycles. The van der Waals surface area contributed by atoms with Crippen LogP contribution < -0.4 is 0 Å². The molecule has 0 aliphatic rings. The Morgan fingerprint density at radius 1 is 0.450 bits per heavy atom. The molecule has 0 spiro atoms. The fraction of sp³-hybridized carbons (Fsp3) is 0. The minimum absolute atomic E-state index is 1.08. The highest BCUT2D eigenvalue weighted by atomic mass is 15.0. The molecule has 0 amide bonds. The minimum atomic E-state index is 1.08. The maximum Gasteiger partial charge on any atom is 0.0562 e. The summed E-state index contributed by atoms with van der Waals surface area (Å²) in [5.74, 6) is 0. The molecule has 40 heavy (non-hydrogen) atoms. The zero-order valence-corrected chi connectivity index (χ0v) is 21.6. The topological polar surface area (TPSA) is 35.6 Å². The molecular formula is C36H24N4. The predicted molar refractivity (Wildman–Crippen MR) is 164 cm³/mol. The van der Waals surface area contributed by atoms with Gasteiger partial charge >= 0.3 is 0 Å². The Labute approximate surface area is 231 Å². The third kappa shape index (κ3) is 3.62. The van der Waals surface area contributed by atoms with Gasteiger partial charge in [-0.2, -0.15) is 0 Å². The minimum Gasteiger partial charge on any atom is -0.316 e. The van der Waals surface area contributed by atoms with Crippen molar-refractivity contribution in [2.45, 2.75) is 0 Å². The fourth-order valence-electron chi connectivity index (χ4n) is 5.83. The smallest absolute Gasteiger partial charge is 0.0562 e. The second-order valence-electron chi connectivity index (χ2n) is 10.1. The summed E-state index contributed by atoms with van der Waals surface area (Å²) in [7, 11) is 0. The van der Waals surface area contributed by atoms with Gasteiger partial charge in [0.15, 0.2) is 0 Å². The zero-order chi connectivity index (χ0) is 26.5. The van der Waals surface area contributed by atoms with Crippen LogP contribution in [0.25, 0.3) is 66.3 Å². The molecule has 0 aliphatic carbocycles. The normalized spacial score (nSPS) is 11.5. The van der Waals surface area contributed by atoms with Crippen molar-refractivity contribution in [2.75, 3.05) is 0 Å².